The molecule has 21 heavy (non-hydrogen) atoms. The first-order valence-electron chi connectivity index (χ1n) is 6.77. The SMILES string of the molecule is CN1CCc2c(sc3c2C(=O)N[C@@H](c2ccc(Br)o2)N3)C1. The quantitative estimate of drug-likeness (QED) is 0.813. The molecule has 1 amide bonds. The molecule has 0 spiro atoms. The molecule has 0 bridgehead atoms. The van der Waals surface area contributed by atoms with Crippen LogP contribution in [0.15, 0.2) is 21.2 Å². The maximum absolute atomic E-state index is 12.5. The zero-order valence-corrected chi connectivity index (χ0v) is 13.8. The molecule has 2 aromatic rings. The average molecular weight is 368 g/mol. The monoisotopic (exact) mass is 367 g/mol. The Balaban J connectivity index is 1.71. The van der Waals surface area contributed by atoms with E-state index in [1.165, 1.54) is 10.4 Å². The smallest absolute Gasteiger partial charge is 0.256 e. The van der Waals surface area contributed by atoms with Crippen LogP contribution in [0.3, 0.4) is 0 Å². The van der Waals surface area contributed by atoms with Crippen molar-refractivity contribution in [3.63, 3.8) is 0 Å². The Morgan fingerprint density at radius 2 is 2.29 bits per heavy atom. The zero-order valence-electron chi connectivity index (χ0n) is 11.4. The summed E-state index contributed by atoms with van der Waals surface area (Å²) in [6, 6.07) is 3.68. The molecule has 2 N–H and O–H groups in total. The van der Waals surface area contributed by atoms with Gasteiger partial charge < -0.3 is 20.0 Å². The fraction of sp³-hybridized carbons (Fsp3) is 0.357. The number of hydrogen-bond donors (Lipinski definition) is 2. The lowest BCUT2D eigenvalue weighted by Gasteiger charge is -2.25. The minimum absolute atomic E-state index is 0.0108. The van der Waals surface area contributed by atoms with Crippen LogP contribution in [0, 0.1) is 0 Å². The first-order chi connectivity index (χ1) is 10.1. The number of likely N-dealkylation sites (N-methyl/N-ethyl adjacent to an activating group) is 1. The van der Waals surface area contributed by atoms with Crippen LogP contribution in [0.25, 0.3) is 0 Å². The normalized spacial score (nSPS) is 21.4. The summed E-state index contributed by atoms with van der Waals surface area (Å²) >= 11 is 4.97. The van der Waals surface area contributed by atoms with Gasteiger partial charge in [-0.15, -0.1) is 11.3 Å². The summed E-state index contributed by atoms with van der Waals surface area (Å²) in [6.07, 6.45) is 0.623. The van der Waals surface area contributed by atoms with E-state index in [1.54, 1.807) is 11.3 Å². The van der Waals surface area contributed by atoms with Gasteiger partial charge in [0.2, 0.25) is 0 Å². The Kier molecular flexibility index (Phi) is 3.09. The van der Waals surface area contributed by atoms with Crippen molar-refractivity contribution in [2.45, 2.75) is 19.1 Å². The molecule has 7 heteroatoms. The predicted molar refractivity (Wildman–Crippen MR) is 84.6 cm³/mol. The fourth-order valence-electron chi connectivity index (χ4n) is 2.87. The van der Waals surface area contributed by atoms with E-state index in [0.717, 1.165) is 30.1 Å². The highest BCUT2D eigenvalue weighted by Gasteiger charge is 2.33. The largest absolute Gasteiger partial charge is 0.450 e. The van der Waals surface area contributed by atoms with Crippen LogP contribution in [0.4, 0.5) is 5.00 Å². The standard InChI is InChI=1S/C14H14BrN3O2S/c1-18-5-4-7-9(6-18)21-14-11(7)13(19)16-12(17-14)8-2-3-10(15)20-8/h2-3,12,17H,4-6H2,1H3,(H,16,19)/t12-/m1/s1. The molecule has 0 saturated heterocycles. The van der Waals surface area contributed by atoms with Crippen LogP contribution in [-0.2, 0) is 13.0 Å². The van der Waals surface area contributed by atoms with Crippen molar-refractivity contribution in [3.05, 3.63) is 38.6 Å². The van der Waals surface area contributed by atoms with Crippen molar-refractivity contribution in [3.8, 4) is 0 Å². The van der Waals surface area contributed by atoms with E-state index >= 15 is 0 Å². The van der Waals surface area contributed by atoms with Crippen LogP contribution in [0.5, 0.6) is 0 Å². The van der Waals surface area contributed by atoms with Crippen molar-refractivity contribution >= 4 is 38.2 Å². The summed E-state index contributed by atoms with van der Waals surface area (Å²) in [4.78, 5) is 16.0. The molecular weight excluding hydrogens is 354 g/mol. The van der Waals surface area contributed by atoms with Crippen LogP contribution >= 0.6 is 27.3 Å². The van der Waals surface area contributed by atoms with Gasteiger partial charge >= 0.3 is 0 Å². The van der Waals surface area contributed by atoms with E-state index < -0.39 is 0 Å². The molecule has 0 radical (unpaired) electrons. The number of furan rings is 1. The molecule has 4 heterocycles. The van der Waals surface area contributed by atoms with E-state index in [1.807, 2.05) is 12.1 Å². The molecule has 2 aromatic heterocycles. The lowest BCUT2D eigenvalue weighted by molar-refractivity contribution is 0.0930. The first-order valence-corrected chi connectivity index (χ1v) is 8.38. The van der Waals surface area contributed by atoms with Crippen LogP contribution in [0.2, 0.25) is 0 Å². The molecule has 0 saturated carbocycles. The van der Waals surface area contributed by atoms with Gasteiger partial charge in [-0.2, -0.15) is 0 Å². The maximum Gasteiger partial charge on any atom is 0.256 e. The summed E-state index contributed by atoms with van der Waals surface area (Å²) in [7, 11) is 2.11. The second kappa shape index (κ2) is 4.86. The third kappa shape index (κ3) is 2.20. The number of anilines is 1. The Labute approximate surface area is 134 Å². The van der Waals surface area contributed by atoms with Crippen LogP contribution in [-0.4, -0.2) is 24.4 Å². The third-order valence-electron chi connectivity index (χ3n) is 3.90. The average Bonchev–Trinajstić information content (AvgIpc) is 3.01. The number of halogens is 1. The fourth-order valence-corrected chi connectivity index (χ4v) is 4.54. The maximum atomic E-state index is 12.5. The molecule has 2 aliphatic heterocycles. The molecule has 0 aromatic carbocycles. The van der Waals surface area contributed by atoms with Crippen molar-refractivity contribution in [1.82, 2.24) is 10.2 Å². The molecule has 0 fully saturated rings. The number of rotatable bonds is 1. The third-order valence-corrected chi connectivity index (χ3v) is 5.48. The van der Waals surface area contributed by atoms with Gasteiger partial charge in [0, 0.05) is 18.0 Å². The molecule has 0 aliphatic carbocycles. The predicted octanol–water partition coefficient (Wildman–Crippen LogP) is 2.95. The lowest BCUT2D eigenvalue weighted by atomic mass is 10.0. The second-order valence-electron chi connectivity index (χ2n) is 5.39. The second-order valence-corrected chi connectivity index (χ2v) is 7.28. The number of amides is 1. The first kappa shape index (κ1) is 13.4. The van der Waals surface area contributed by atoms with E-state index in [0.29, 0.717) is 10.4 Å². The summed E-state index contributed by atoms with van der Waals surface area (Å²) in [5.41, 5.74) is 2.03. The summed E-state index contributed by atoms with van der Waals surface area (Å²) in [5.74, 6) is 0.688. The minimum atomic E-state index is -0.311. The van der Waals surface area contributed by atoms with Crippen molar-refractivity contribution in [2.75, 3.05) is 18.9 Å². The molecule has 0 unspecified atom stereocenters. The molecule has 5 nitrogen and oxygen atoms in total. The molecule has 110 valence electrons. The minimum Gasteiger partial charge on any atom is -0.450 e. The van der Waals surface area contributed by atoms with Gasteiger partial charge in [-0.05, 0) is 47.1 Å². The Morgan fingerprint density at radius 1 is 1.43 bits per heavy atom. The van der Waals surface area contributed by atoms with Crippen molar-refractivity contribution < 1.29 is 9.21 Å². The van der Waals surface area contributed by atoms with E-state index in [9.17, 15) is 4.79 Å². The number of fused-ring (bicyclic) bond motifs is 3. The van der Waals surface area contributed by atoms with Gasteiger partial charge in [-0.1, -0.05) is 0 Å². The number of carbonyl (C=O) groups is 1. The van der Waals surface area contributed by atoms with Gasteiger partial charge in [-0.25, -0.2) is 0 Å². The number of nitrogens with zero attached hydrogens (tertiary/aromatic N) is 1. The van der Waals surface area contributed by atoms with Gasteiger partial charge in [-0.3, -0.25) is 4.79 Å². The molecule has 4 rings (SSSR count). The number of carbonyl (C=O) groups excluding carboxylic acids is 1. The number of thiophene rings is 1. The van der Waals surface area contributed by atoms with E-state index in [4.69, 9.17) is 4.42 Å². The van der Waals surface area contributed by atoms with Gasteiger partial charge in [0.15, 0.2) is 10.8 Å². The highest BCUT2D eigenvalue weighted by Crippen LogP contribution is 2.40. The van der Waals surface area contributed by atoms with Crippen LogP contribution < -0.4 is 10.6 Å². The summed E-state index contributed by atoms with van der Waals surface area (Å²) in [5, 5.41) is 7.32. The summed E-state index contributed by atoms with van der Waals surface area (Å²) in [6.45, 7) is 1.91. The Hall–Kier alpha value is -1.31. The lowest BCUT2D eigenvalue weighted by Crippen LogP contribution is -2.38. The van der Waals surface area contributed by atoms with Gasteiger partial charge in [0.25, 0.3) is 5.91 Å². The number of hydrogen-bond acceptors (Lipinski definition) is 5. The zero-order chi connectivity index (χ0) is 14.6. The summed E-state index contributed by atoms with van der Waals surface area (Å²) < 4.78 is 6.20. The molecular formula is C14H14BrN3O2S. The van der Waals surface area contributed by atoms with Gasteiger partial charge in [0.05, 0.1) is 5.56 Å². The topological polar surface area (TPSA) is 57.5 Å². The van der Waals surface area contributed by atoms with Gasteiger partial charge in [0.1, 0.15) is 10.8 Å². The highest BCUT2D eigenvalue weighted by molar-refractivity contribution is 9.10. The molecule has 2 aliphatic rings. The molecule has 1 atom stereocenters. The Morgan fingerprint density at radius 3 is 3.05 bits per heavy atom. The van der Waals surface area contributed by atoms with E-state index in [-0.39, 0.29) is 12.1 Å². The van der Waals surface area contributed by atoms with Crippen molar-refractivity contribution in [2.24, 2.45) is 0 Å². The van der Waals surface area contributed by atoms with Crippen LogP contribution in [0.1, 0.15) is 32.7 Å². The van der Waals surface area contributed by atoms with Crippen molar-refractivity contribution in [1.29, 1.82) is 0 Å². The number of nitrogens with one attached hydrogen (secondary N) is 2. The van der Waals surface area contributed by atoms with E-state index in [2.05, 4.69) is 38.5 Å². The Bertz CT molecular complexity index is 724. The highest BCUT2D eigenvalue weighted by atomic mass is 79.9.